The van der Waals surface area contributed by atoms with E-state index in [1.54, 1.807) is 0 Å². The summed E-state index contributed by atoms with van der Waals surface area (Å²) >= 11 is 0. The third-order valence-electron chi connectivity index (χ3n) is 9.50. The highest BCUT2D eigenvalue weighted by molar-refractivity contribution is 6.62. The van der Waals surface area contributed by atoms with E-state index in [-0.39, 0.29) is 23.7 Å². The molecule has 1 saturated heterocycles. The largest absolute Gasteiger partial charge is 0.494 e. The molecule has 1 heterocycles. The molecule has 184 valence electrons. The van der Waals surface area contributed by atoms with Gasteiger partial charge < -0.3 is 9.31 Å². The summed E-state index contributed by atoms with van der Waals surface area (Å²) in [5, 5.41) is 2.44. The van der Waals surface area contributed by atoms with E-state index in [1.165, 1.54) is 55.3 Å². The van der Waals surface area contributed by atoms with Crippen molar-refractivity contribution in [2.75, 3.05) is 0 Å². The summed E-state index contributed by atoms with van der Waals surface area (Å²) < 4.78 is 12.8. The minimum absolute atomic E-state index is 0.308. The fraction of sp³-hybridized carbons (Fsp3) is 0.200. The average Bonchev–Trinajstić information content (AvgIpc) is 3.46. The molecule has 0 aromatic heterocycles. The van der Waals surface area contributed by atoms with Gasteiger partial charge in [-0.2, -0.15) is 0 Å². The highest BCUT2D eigenvalue weighted by Gasteiger charge is 2.53. The second-order valence-corrected chi connectivity index (χ2v) is 12.0. The summed E-state index contributed by atoms with van der Waals surface area (Å²) in [5.41, 5.74) is 10.8. The Bertz CT molecular complexity index is 1740. The van der Waals surface area contributed by atoms with Crippen LogP contribution in [0.15, 0.2) is 103 Å². The molecule has 1 aliphatic heterocycles. The Hall–Kier alpha value is -3.66. The maximum atomic E-state index is 6.38. The molecular formula is C35H29BO2. The van der Waals surface area contributed by atoms with Crippen molar-refractivity contribution in [3.05, 3.63) is 125 Å². The molecule has 1 fully saturated rings. The van der Waals surface area contributed by atoms with Crippen LogP contribution in [0.3, 0.4) is 0 Å². The van der Waals surface area contributed by atoms with Gasteiger partial charge in [-0.3, -0.25) is 0 Å². The molecule has 5 aromatic carbocycles. The zero-order chi connectivity index (χ0) is 25.9. The van der Waals surface area contributed by atoms with Crippen molar-refractivity contribution >= 4 is 23.4 Å². The zero-order valence-electron chi connectivity index (χ0n) is 22.2. The quantitative estimate of drug-likeness (QED) is 0.221. The lowest BCUT2D eigenvalue weighted by molar-refractivity contribution is 0.00578. The molecule has 0 atom stereocenters. The van der Waals surface area contributed by atoms with Crippen LogP contribution in [-0.2, 0) is 14.7 Å². The number of fused-ring (bicyclic) bond motifs is 11. The lowest BCUT2D eigenvalue weighted by atomic mass is 9.70. The molecule has 5 aromatic rings. The van der Waals surface area contributed by atoms with Crippen LogP contribution in [0.25, 0.3) is 33.0 Å². The molecule has 2 nitrogen and oxygen atoms in total. The Morgan fingerprint density at radius 3 is 1.53 bits per heavy atom. The molecule has 8 rings (SSSR count). The van der Waals surface area contributed by atoms with Crippen molar-refractivity contribution in [3.63, 3.8) is 0 Å². The van der Waals surface area contributed by atoms with Gasteiger partial charge in [-0.15, -0.1) is 0 Å². The highest BCUT2D eigenvalue weighted by atomic mass is 16.7. The van der Waals surface area contributed by atoms with Crippen LogP contribution in [0, 0.1) is 0 Å². The predicted octanol–water partition coefficient (Wildman–Crippen LogP) is 7.48. The highest BCUT2D eigenvalue weighted by Crippen LogP contribution is 2.63. The summed E-state index contributed by atoms with van der Waals surface area (Å²) in [7, 11) is -0.370. The van der Waals surface area contributed by atoms with Crippen LogP contribution in [0.2, 0.25) is 0 Å². The zero-order valence-corrected chi connectivity index (χ0v) is 22.2. The first-order chi connectivity index (χ1) is 18.3. The minimum atomic E-state index is -0.370. The normalized spacial score (nSPS) is 18.9. The van der Waals surface area contributed by atoms with Gasteiger partial charge >= 0.3 is 7.12 Å². The summed E-state index contributed by atoms with van der Waals surface area (Å²) in [5.74, 6) is 0. The predicted molar refractivity (Wildman–Crippen MR) is 156 cm³/mol. The lowest BCUT2D eigenvalue weighted by Crippen LogP contribution is -2.41. The van der Waals surface area contributed by atoms with Crippen molar-refractivity contribution in [3.8, 4) is 22.3 Å². The van der Waals surface area contributed by atoms with Crippen molar-refractivity contribution in [2.24, 2.45) is 0 Å². The van der Waals surface area contributed by atoms with Crippen LogP contribution in [0.5, 0.6) is 0 Å². The average molecular weight is 492 g/mol. The third kappa shape index (κ3) is 2.66. The third-order valence-corrected chi connectivity index (χ3v) is 9.50. The first kappa shape index (κ1) is 22.3. The van der Waals surface area contributed by atoms with Crippen LogP contribution in [-0.4, -0.2) is 18.3 Å². The summed E-state index contributed by atoms with van der Waals surface area (Å²) in [6.07, 6.45) is 0. The summed E-state index contributed by atoms with van der Waals surface area (Å²) in [6.45, 7) is 8.42. The molecule has 0 bridgehead atoms. The van der Waals surface area contributed by atoms with Gasteiger partial charge in [0.25, 0.3) is 0 Å². The first-order valence-electron chi connectivity index (χ1n) is 13.5. The fourth-order valence-corrected chi connectivity index (χ4v) is 6.98. The molecule has 0 unspecified atom stereocenters. The van der Waals surface area contributed by atoms with Gasteiger partial charge in [0.15, 0.2) is 0 Å². The van der Waals surface area contributed by atoms with Gasteiger partial charge in [0, 0.05) is 0 Å². The maximum absolute atomic E-state index is 6.38. The Kier molecular flexibility index (Phi) is 4.26. The summed E-state index contributed by atoms with van der Waals surface area (Å²) in [6, 6.07) is 38.3. The monoisotopic (exact) mass is 492 g/mol. The van der Waals surface area contributed by atoms with Crippen LogP contribution in [0.1, 0.15) is 49.9 Å². The number of benzene rings is 5. The van der Waals surface area contributed by atoms with E-state index in [0.717, 1.165) is 5.46 Å². The molecule has 0 radical (unpaired) electrons. The molecule has 3 aliphatic rings. The van der Waals surface area contributed by atoms with E-state index in [0.29, 0.717) is 0 Å². The number of hydrogen-bond acceptors (Lipinski definition) is 2. The van der Waals surface area contributed by atoms with E-state index in [9.17, 15) is 0 Å². The fourth-order valence-electron chi connectivity index (χ4n) is 6.98. The SMILES string of the molecule is CC1(C)OB(c2ccc3cc4c(cc3c2)-c2ccccc2C42c3ccccc3-c3ccccc32)OC1(C)C. The molecule has 0 saturated carbocycles. The van der Waals surface area contributed by atoms with Gasteiger partial charge in [0.2, 0.25) is 0 Å². The number of hydrogen-bond donors (Lipinski definition) is 0. The molecular weight excluding hydrogens is 463 g/mol. The first-order valence-corrected chi connectivity index (χ1v) is 13.5. The summed E-state index contributed by atoms with van der Waals surface area (Å²) in [4.78, 5) is 0. The lowest BCUT2D eigenvalue weighted by Gasteiger charge is -2.32. The van der Waals surface area contributed by atoms with Crippen LogP contribution in [0.4, 0.5) is 0 Å². The van der Waals surface area contributed by atoms with Gasteiger partial charge in [-0.05, 0) is 101 Å². The van der Waals surface area contributed by atoms with Gasteiger partial charge in [0.1, 0.15) is 0 Å². The van der Waals surface area contributed by atoms with Crippen LogP contribution >= 0.6 is 0 Å². The van der Waals surface area contributed by atoms with Crippen molar-refractivity contribution in [2.45, 2.75) is 44.3 Å². The van der Waals surface area contributed by atoms with Crippen LogP contribution < -0.4 is 5.46 Å². The smallest absolute Gasteiger partial charge is 0.399 e. The standard InChI is InChI=1S/C35H29BO2/c1-33(2)34(3,4)38-36(37-33)24-18-17-22-21-32-28(20-23(22)19-24)27-13-7-10-16-31(27)35(32)29-14-8-5-11-25(29)26-12-6-9-15-30(26)35/h5-21H,1-4H3. The Morgan fingerprint density at radius 2 is 0.974 bits per heavy atom. The van der Waals surface area contributed by atoms with E-state index >= 15 is 0 Å². The topological polar surface area (TPSA) is 18.5 Å². The van der Waals surface area contributed by atoms with E-state index in [1.807, 2.05) is 0 Å². The molecule has 2 aliphatic carbocycles. The molecule has 0 N–H and O–H groups in total. The second kappa shape index (κ2) is 7.25. The molecule has 1 spiro atoms. The van der Waals surface area contributed by atoms with Gasteiger partial charge in [-0.1, -0.05) is 91.0 Å². The van der Waals surface area contributed by atoms with E-state index in [2.05, 4.69) is 131 Å². The van der Waals surface area contributed by atoms with E-state index < -0.39 is 0 Å². The Morgan fingerprint density at radius 1 is 0.474 bits per heavy atom. The minimum Gasteiger partial charge on any atom is -0.399 e. The van der Waals surface area contributed by atoms with Crippen molar-refractivity contribution < 1.29 is 9.31 Å². The Labute approximate surface area is 224 Å². The molecule has 3 heteroatoms. The number of rotatable bonds is 1. The molecule has 0 amide bonds. The molecule has 38 heavy (non-hydrogen) atoms. The maximum Gasteiger partial charge on any atom is 0.494 e. The van der Waals surface area contributed by atoms with E-state index in [4.69, 9.17) is 9.31 Å². The second-order valence-electron chi connectivity index (χ2n) is 12.0. The van der Waals surface area contributed by atoms with Gasteiger partial charge in [0.05, 0.1) is 16.6 Å². The van der Waals surface area contributed by atoms with Gasteiger partial charge in [-0.25, -0.2) is 0 Å². The van der Waals surface area contributed by atoms with Crippen molar-refractivity contribution in [1.82, 2.24) is 0 Å². The van der Waals surface area contributed by atoms with Crippen molar-refractivity contribution in [1.29, 1.82) is 0 Å². The Balaban J connectivity index is 1.38.